The maximum absolute atomic E-state index is 12.2. The Morgan fingerprint density at radius 1 is 1.30 bits per heavy atom. The van der Waals surface area contributed by atoms with Crippen molar-refractivity contribution < 1.29 is 14.3 Å². The lowest BCUT2D eigenvalue weighted by molar-refractivity contribution is -0.156. The number of rotatable bonds is 1. The van der Waals surface area contributed by atoms with Crippen LogP contribution in [0, 0.1) is 0 Å². The molecule has 0 bridgehead atoms. The van der Waals surface area contributed by atoms with Gasteiger partial charge in [-0.3, -0.25) is 0 Å². The van der Waals surface area contributed by atoms with Crippen LogP contribution in [0.2, 0.25) is 0 Å². The molecular weight excluding hydrogens is 254 g/mol. The van der Waals surface area contributed by atoms with Crippen LogP contribution in [0.5, 0.6) is 0 Å². The van der Waals surface area contributed by atoms with E-state index in [9.17, 15) is 4.79 Å². The van der Waals surface area contributed by atoms with Crippen molar-refractivity contribution in [2.75, 3.05) is 7.11 Å². The fourth-order valence-corrected chi connectivity index (χ4v) is 2.22. The lowest BCUT2D eigenvalue weighted by atomic mass is 10.0. The second kappa shape index (κ2) is 5.65. The van der Waals surface area contributed by atoms with Gasteiger partial charge in [0.05, 0.1) is 7.11 Å². The second-order valence-electron chi connectivity index (χ2n) is 5.88. The van der Waals surface area contributed by atoms with Crippen LogP contribution in [0.15, 0.2) is 29.3 Å². The fraction of sp³-hybridized carbons (Fsp3) is 0.500. The van der Waals surface area contributed by atoms with Gasteiger partial charge in [0, 0.05) is 5.56 Å². The Morgan fingerprint density at radius 3 is 2.65 bits per heavy atom. The average molecular weight is 275 g/mol. The quantitative estimate of drug-likeness (QED) is 0.740. The van der Waals surface area contributed by atoms with E-state index in [1.54, 1.807) is 7.11 Å². The van der Waals surface area contributed by atoms with Gasteiger partial charge in [-0.15, -0.1) is 0 Å². The van der Waals surface area contributed by atoms with E-state index >= 15 is 0 Å². The van der Waals surface area contributed by atoms with Crippen LogP contribution >= 0.6 is 0 Å². The molecule has 0 aliphatic carbocycles. The first kappa shape index (κ1) is 14.6. The Bertz CT molecular complexity index is 529. The summed E-state index contributed by atoms with van der Waals surface area (Å²) in [5, 5.41) is 0. The van der Waals surface area contributed by atoms with Crippen molar-refractivity contribution in [1.29, 1.82) is 0 Å². The monoisotopic (exact) mass is 275 g/mol. The molecule has 1 atom stereocenters. The summed E-state index contributed by atoms with van der Waals surface area (Å²) in [4.78, 5) is 16.6. The van der Waals surface area contributed by atoms with Crippen molar-refractivity contribution >= 4 is 11.9 Å². The molecule has 1 aliphatic heterocycles. The Labute approximate surface area is 119 Å². The number of methoxy groups -OCH3 is 1. The zero-order chi connectivity index (χ0) is 14.8. The summed E-state index contributed by atoms with van der Waals surface area (Å²) in [6.45, 7) is 5.58. The summed E-state index contributed by atoms with van der Waals surface area (Å²) in [5.41, 5.74) is 1.61. The number of benzene rings is 1. The maximum Gasteiger partial charge on any atom is 0.331 e. The first-order valence-electron chi connectivity index (χ1n) is 6.83. The molecule has 0 saturated carbocycles. The van der Waals surface area contributed by atoms with E-state index in [-0.39, 0.29) is 5.97 Å². The summed E-state index contributed by atoms with van der Waals surface area (Å²) >= 11 is 0. The number of aliphatic imine (C=N–C) groups is 1. The van der Waals surface area contributed by atoms with Crippen molar-refractivity contribution in [2.24, 2.45) is 4.99 Å². The minimum Gasteiger partial charge on any atom is -0.481 e. The molecule has 0 saturated heterocycles. The molecule has 1 aromatic rings. The standard InChI is InChI=1S/C16H21NO3/c1-16(2,3)20-15(18)13-10-9-11-7-5-6-8-12(11)14(17-13)19-4/h5-8,13H,9-10H2,1-4H3. The van der Waals surface area contributed by atoms with Crippen LogP contribution in [-0.4, -0.2) is 30.6 Å². The molecule has 1 aliphatic rings. The highest BCUT2D eigenvalue weighted by Crippen LogP contribution is 2.21. The van der Waals surface area contributed by atoms with Crippen molar-refractivity contribution in [3.05, 3.63) is 35.4 Å². The van der Waals surface area contributed by atoms with Gasteiger partial charge < -0.3 is 9.47 Å². The highest BCUT2D eigenvalue weighted by atomic mass is 16.6. The molecular formula is C16H21NO3. The van der Waals surface area contributed by atoms with Gasteiger partial charge in [-0.1, -0.05) is 18.2 Å². The molecule has 2 rings (SSSR count). The van der Waals surface area contributed by atoms with Crippen LogP contribution in [0.25, 0.3) is 0 Å². The van der Waals surface area contributed by atoms with E-state index in [1.807, 2.05) is 45.0 Å². The third-order valence-electron chi connectivity index (χ3n) is 3.08. The van der Waals surface area contributed by atoms with Gasteiger partial charge in [0.15, 0.2) is 6.04 Å². The normalized spacial score (nSPS) is 18.6. The smallest absolute Gasteiger partial charge is 0.331 e. The second-order valence-corrected chi connectivity index (χ2v) is 5.88. The SMILES string of the molecule is COC1=NC(C(=O)OC(C)(C)C)CCc2ccccc21. The lowest BCUT2D eigenvalue weighted by Crippen LogP contribution is -2.31. The zero-order valence-corrected chi connectivity index (χ0v) is 12.5. The fourth-order valence-electron chi connectivity index (χ4n) is 2.22. The van der Waals surface area contributed by atoms with E-state index in [1.165, 1.54) is 0 Å². The number of ether oxygens (including phenoxy) is 2. The first-order chi connectivity index (χ1) is 9.40. The molecule has 108 valence electrons. The third kappa shape index (κ3) is 3.38. The van der Waals surface area contributed by atoms with Crippen LogP contribution in [0.4, 0.5) is 0 Å². The van der Waals surface area contributed by atoms with Crippen molar-refractivity contribution in [3.8, 4) is 0 Å². The minimum atomic E-state index is -0.503. The molecule has 0 aromatic heterocycles. The summed E-state index contributed by atoms with van der Waals surface area (Å²) < 4.78 is 10.8. The van der Waals surface area contributed by atoms with Gasteiger partial charge in [-0.2, -0.15) is 0 Å². The van der Waals surface area contributed by atoms with Gasteiger partial charge >= 0.3 is 5.97 Å². The number of fused-ring (bicyclic) bond motifs is 1. The van der Waals surface area contributed by atoms with Gasteiger partial charge in [0.2, 0.25) is 5.90 Å². The molecule has 1 heterocycles. The largest absolute Gasteiger partial charge is 0.481 e. The number of nitrogens with zero attached hydrogens (tertiary/aromatic N) is 1. The molecule has 0 fully saturated rings. The number of carbonyl (C=O) groups excluding carboxylic acids is 1. The molecule has 1 aromatic carbocycles. The number of carbonyl (C=O) groups is 1. The maximum atomic E-state index is 12.2. The summed E-state index contributed by atoms with van der Waals surface area (Å²) in [6.07, 6.45) is 1.43. The van der Waals surface area contributed by atoms with Crippen LogP contribution < -0.4 is 0 Å². The van der Waals surface area contributed by atoms with Crippen LogP contribution in [-0.2, 0) is 20.7 Å². The highest BCUT2D eigenvalue weighted by Gasteiger charge is 2.28. The molecule has 0 N–H and O–H groups in total. The van der Waals surface area contributed by atoms with Gasteiger partial charge in [-0.25, -0.2) is 9.79 Å². The summed E-state index contributed by atoms with van der Waals surface area (Å²) in [7, 11) is 1.58. The molecule has 0 amide bonds. The number of hydrogen-bond acceptors (Lipinski definition) is 4. The molecule has 0 radical (unpaired) electrons. The van der Waals surface area contributed by atoms with Crippen LogP contribution in [0.3, 0.4) is 0 Å². The highest BCUT2D eigenvalue weighted by molar-refractivity contribution is 5.97. The number of aryl methyl sites for hydroxylation is 1. The Kier molecular flexibility index (Phi) is 4.12. The topological polar surface area (TPSA) is 47.9 Å². The number of hydrogen-bond donors (Lipinski definition) is 0. The van der Waals surface area contributed by atoms with E-state index in [2.05, 4.69) is 4.99 Å². The van der Waals surface area contributed by atoms with Crippen molar-refractivity contribution in [1.82, 2.24) is 0 Å². The van der Waals surface area contributed by atoms with Gasteiger partial charge in [0.25, 0.3) is 0 Å². The van der Waals surface area contributed by atoms with E-state index in [0.717, 1.165) is 17.5 Å². The van der Waals surface area contributed by atoms with E-state index < -0.39 is 11.6 Å². The average Bonchev–Trinajstić information content (AvgIpc) is 2.56. The van der Waals surface area contributed by atoms with E-state index in [0.29, 0.717) is 12.3 Å². The van der Waals surface area contributed by atoms with E-state index in [4.69, 9.17) is 9.47 Å². The van der Waals surface area contributed by atoms with Crippen molar-refractivity contribution in [3.63, 3.8) is 0 Å². The number of esters is 1. The molecule has 4 heteroatoms. The third-order valence-corrected chi connectivity index (χ3v) is 3.08. The molecule has 4 nitrogen and oxygen atoms in total. The van der Waals surface area contributed by atoms with Crippen molar-refractivity contribution in [2.45, 2.75) is 45.3 Å². The Balaban J connectivity index is 2.26. The predicted molar refractivity (Wildman–Crippen MR) is 77.9 cm³/mol. The first-order valence-corrected chi connectivity index (χ1v) is 6.83. The minimum absolute atomic E-state index is 0.292. The van der Waals surface area contributed by atoms with Gasteiger partial charge in [-0.05, 0) is 45.2 Å². The Morgan fingerprint density at radius 2 is 2.00 bits per heavy atom. The lowest BCUT2D eigenvalue weighted by Gasteiger charge is -2.22. The molecule has 20 heavy (non-hydrogen) atoms. The molecule has 0 spiro atoms. The summed E-state index contributed by atoms with van der Waals surface area (Å²) in [5.74, 6) is 0.216. The predicted octanol–water partition coefficient (Wildman–Crippen LogP) is 2.74. The zero-order valence-electron chi connectivity index (χ0n) is 12.5. The van der Waals surface area contributed by atoms with Crippen LogP contribution in [0.1, 0.15) is 38.3 Å². The van der Waals surface area contributed by atoms with Gasteiger partial charge in [0.1, 0.15) is 5.60 Å². The molecule has 1 unspecified atom stereocenters. The summed E-state index contributed by atoms with van der Waals surface area (Å²) in [6, 6.07) is 7.44. The Hall–Kier alpha value is -1.84.